The Morgan fingerprint density at radius 2 is 2.00 bits per heavy atom. The number of amides is 4. The summed E-state index contributed by atoms with van der Waals surface area (Å²) in [5.41, 5.74) is 0.898. The Balaban J connectivity index is 1.66. The van der Waals surface area contributed by atoms with Crippen LogP contribution < -0.4 is 5.32 Å². The standard InChI is InChI=1S/C14H17N3O4/c1-16-12(18)9-17(14(16)20)8-7-15-13(19)21-10-11-5-3-2-4-6-11/h2-6H,7-10H2,1H3,(H,15,19). The number of carbonyl (C=O) groups is 3. The van der Waals surface area contributed by atoms with Crippen molar-refractivity contribution in [1.82, 2.24) is 15.1 Å². The van der Waals surface area contributed by atoms with E-state index in [1.54, 1.807) is 0 Å². The number of ether oxygens (including phenoxy) is 1. The molecule has 2 rings (SSSR count). The van der Waals surface area contributed by atoms with E-state index in [9.17, 15) is 14.4 Å². The fourth-order valence-corrected chi connectivity index (χ4v) is 1.90. The molecule has 0 unspecified atom stereocenters. The molecular weight excluding hydrogens is 274 g/mol. The molecule has 0 saturated carbocycles. The van der Waals surface area contributed by atoms with Crippen molar-refractivity contribution in [3.8, 4) is 0 Å². The van der Waals surface area contributed by atoms with Crippen LogP contribution in [0.5, 0.6) is 0 Å². The fraction of sp³-hybridized carbons (Fsp3) is 0.357. The van der Waals surface area contributed by atoms with Gasteiger partial charge in [0.15, 0.2) is 0 Å². The molecule has 21 heavy (non-hydrogen) atoms. The quantitative estimate of drug-likeness (QED) is 0.814. The van der Waals surface area contributed by atoms with E-state index in [1.165, 1.54) is 11.9 Å². The molecule has 0 spiro atoms. The second-order valence-corrected chi connectivity index (χ2v) is 4.65. The van der Waals surface area contributed by atoms with E-state index in [-0.39, 0.29) is 38.2 Å². The minimum absolute atomic E-state index is 0.0517. The highest BCUT2D eigenvalue weighted by molar-refractivity contribution is 6.01. The lowest BCUT2D eigenvalue weighted by atomic mass is 10.2. The number of hydrogen-bond donors (Lipinski definition) is 1. The van der Waals surface area contributed by atoms with E-state index < -0.39 is 6.09 Å². The minimum Gasteiger partial charge on any atom is -0.445 e. The highest BCUT2D eigenvalue weighted by Crippen LogP contribution is 2.06. The Hall–Kier alpha value is -2.57. The third kappa shape index (κ3) is 3.95. The third-order valence-corrected chi connectivity index (χ3v) is 3.12. The van der Waals surface area contributed by atoms with E-state index >= 15 is 0 Å². The average molecular weight is 291 g/mol. The first kappa shape index (κ1) is 14.8. The van der Waals surface area contributed by atoms with Crippen LogP contribution in [0.4, 0.5) is 9.59 Å². The summed E-state index contributed by atoms with van der Waals surface area (Å²) >= 11 is 0. The van der Waals surface area contributed by atoms with E-state index in [4.69, 9.17) is 4.74 Å². The Morgan fingerprint density at radius 1 is 1.29 bits per heavy atom. The molecule has 0 aliphatic carbocycles. The Morgan fingerprint density at radius 3 is 2.62 bits per heavy atom. The van der Waals surface area contributed by atoms with Crippen LogP contribution in [0.2, 0.25) is 0 Å². The van der Waals surface area contributed by atoms with Crippen LogP contribution in [0, 0.1) is 0 Å². The zero-order chi connectivity index (χ0) is 15.2. The predicted molar refractivity (Wildman–Crippen MR) is 74.4 cm³/mol. The molecule has 7 heteroatoms. The van der Waals surface area contributed by atoms with E-state index in [1.807, 2.05) is 30.3 Å². The zero-order valence-corrected chi connectivity index (χ0v) is 11.7. The summed E-state index contributed by atoms with van der Waals surface area (Å²) in [6, 6.07) is 8.98. The molecule has 0 atom stereocenters. The van der Waals surface area contributed by atoms with Gasteiger partial charge in [0.2, 0.25) is 5.91 Å². The summed E-state index contributed by atoms with van der Waals surface area (Å²) in [5.74, 6) is -0.244. The van der Waals surface area contributed by atoms with Gasteiger partial charge in [-0.05, 0) is 5.56 Å². The van der Waals surface area contributed by atoms with Gasteiger partial charge in [-0.3, -0.25) is 9.69 Å². The van der Waals surface area contributed by atoms with Gasteiger partial charge in [-0.25, -0.2) is 9.59 Å². The summed E-state index contributed by atoms with van der Waals surface area (Å²) in [4.78, 5) is 36.8. The second-order valence-electron chi connectivity index (χ2n) is 4.65. The molecule has 1 aromatic rings. The number of hydrogen-bond acceptors (Lipinski definition) is 4. The lowest BCUT2D eigenvalue weighted by molar-refractivity contribution is -0.124. The number of urea groups is 1. The topological polar surface area (TPSA) is 79.0 Å². The number of nitrogens with one attached hydrogen (secondary N) is 1. The summed E-state index contributed by atoms with van der Waals surface area (Å²) in [6.07, 6.45) is -0.551. The van der Waals surface area contributed by atoms with Gasteiger partial charge in [-0.1, -0.05) is 30.3 Å². The molecule has 1 heterocycles. The number of nitrogens with zero attached hydrogens (tertiary/aromatic N) is 2. The average Bonchev–Trinajstić information content (AvgIpc) is 2.74. The van der Waals surface area contributed by atoms with Gasteiger partial charge in [0, 0.05) is 20.1 Å². The SMILES string of the molecule is CN1C(=O)CN(CCNC(=O)OCc2ccccc2)C1=O. The maximum absolute atomic E-state index is 11.6. The zero-order valence-electron chi connectivity index (χ0n) is 11.7. The van der Waals surface area contributed by atoms with Gasteiger partial charge in [0.05, 0.1) is 0 Å². The highest BCUT2D eigenvalue weighted by atomic mass is 16.5. The van der Waals surface area contributed by atoms with Crippen molar-refractivity contribution in [1.29, 1.82) is 0 Å². The van der Waals surface area contributed by atoms with Gasteiger partial charge in [0.25, 0.3) is 0 Å². The Labute approximate surface area is 122 Å². The van der Waals surface area contributed by atoms with Crippen molar-refractivity contribution in [2.24, 2.45) is 0 Å². The summed E-state index contributed by atoms with van der Waals surface area (Å²) in [7, 11) is 1.44. The normalized spacial score (nSPS) is 14.5. The maximum atomic E-state index is 11.6. The highest BCUT2D eigenvalue weighted by Gasteiger charge is 2.32. The molecule has 112 valence electrons. The van der Waals surface area contributed by atoms with Gasteiger partial charge in [0.1, 0.15) is 13.2 Å². The van der Waals surface area contributed by atoms with Gasteiger partial charge in [-0.15, -0.1) is 0 Å². The van der Waals surface area contributed by atoms with E-state index in [0.29, 0.717) is 0 Å². The number of benzene rings is 1. The largest absolute Gasteiger partial charge is 0.445 e. The lowest BCUT2D eigenvalue weighted by Gasteiger charge is -2.14. The predicted octanol–water partition coefficient (Wildman–Crippen LogP) is 0.807. The molecule has 7 nitrogen and oxygen atoms in total. The van der Waals surface area contributed by atoms with Gasteiger partial charge >= 0.3 is 12.1 Å². The Bertz CT molecular complexity index is 532. The molecule has 4 amide bonds. The number of likely N-dealkylation sites (N-methyl/N-ethyl adjacent to an activating group) is 1. The summed E-state index contributed by atoms with van der Waals surface area (Å²) < 4.78 is 5.03. The molecule has 1 aliphatic rings. The molecule has 1 fully saturated rings. The monoisotopic (exact) mass is 291 g/mol. The Kier molecular flexibility index (Phi) is 4.76. The maximum Gasteiger partial charge on any atom is 0.407 e. The van der Waals surface area contributed by atoms with Crippen molar-refractivity contribution in [3.05, 3.63) is 35.9 Å². The summed E-state index contributed by atoms with van der Waals surface area (Å²) in [5, 5.41) is 2.55. The minimum atomic E-state index is -0.551. The van der Waals surface area contributed by atoms with Crippen LogP contribution in [-0.4, -0.2) is 54.5 Å². The second kappa shape index (κ2) is 6.74. The smallest absolute Gasteiger partial charge is 0.407 e. The first-order valence-electron chi connectivity index (χ1n) is 6.58. The number of rotatable bonds is 5. The van der Waals surface area contributed by atoms with Crippen LogP contribution in [0.15, 0.2) is 30.3 Å². The molecule has 1 saturated heterocycles. The first-order valence-corrected chi connectivity index (χ1v) is 6.58. The van der Waals surface area contributed by atoms with Crippen molar-refractivity contribution < 1.29 is 19.1 Å². The molecule has 1 aromatic carbocycles. The van der Waals surface area contributed by atoms with Crippen molar-refractivity contribution >= 4 is 18.0 Å². The molecule has 1 aliphatic heterocycles. The first-order chi connectivity index (χ1) is 10.1. The van der Waals surface area contributed by atoms with E-state index in [0.717, 1.165) is 10.5 Å². The van der Waals surface area contributed by atoms with Crippen LogP contribution in [0.25, 0.3) is 0 Å². The summed E-state index contributed by atoms with van der Waals surface area (Å²) in [6.45, 7) is 0.752. The third-order valence-electron chi connectivity index (χ3n) is 3.12. The number of carbonyl (C=O) groups excluding carboxylic acids is 3. The van der Waals surface area contributed by atoms with Crippen LogP contribution in [0.3, 0.4) is 0 Å². The van der Waals surface area contributed by atoms with Gasteiger partial charge < -0.3 is 15.0 Å². The van der Waals surface area contributed by atoms with Crippen molar-refractivity contribution in [3.63, 3.8) is 0 Å². The van der Waals surface area contributed by atoms with E-state index in [2.05, 4.69) is 5.32 Å². The molecule has 0 bridgehead atoms. The molecular formula is C14H17N3O4. The van der Waals surface area contributed by atoms with Crippen LogP contribution in [0.1, 0.15) is 5.56 Å². The number of imide groups is 1. The molecule has 1 N–H and O–H groups in total. The van der Waals surface area contributed by atoms with Crippen molar-refractivity contribution in [2.45, 2.75) is 6.61 Å². The van der Waals surface area contributed by atoms with Crippen LogP contribution >= 0.6 is 0 Å². The molecule has 0 radical (unpaired) electrons. The van der Waals surface area contributed by atoms with Gasteiger partial charge in [-0.2, -0.15) is 0 Å². The fourth-order valence-electron chi connectivity index (χ4n) is 1.90. The number of alkyl carbamates (subject to hydrolysis) is 1. The molecule has 0 aromatic heterocycles. The van der Waals surface area contributed by atoms with Crippen molar-refractivity contribution in [2.75, 3.05) is 26.7 Å². The van der Waals surface area contributed by atoms with Crippen LogP contribution in [-0.2, 0) is 16.1 Å². The lowest BCUT2D eigenvalue weighted by Crippen LogP contribution is -2.37.